The molecule has 3 aromatic carbocycles. The average molecular weight is 390 g/mol. The zero-order valence-corrected chi connectivity index (χ0v) is 16.4. The van der Waals surface area contributed by atoms with Crippen molar-refractivity contribution in [1.29, 1.82) is 0 Å². The van der Waals surface area contributed by atoms with Crippen molar-refractivity contribution in [2.75, 3.05) is 0 Å². The lowest BCUT2D eigenvalue weighted by Gasteiger charge is -2.01. The van der Waals surface area contributed by atoms with E-state index in [1.807, 2.05) is 17.6 Å². The average Bonchev–Trinajstić information content (AvgIpc) is 3.48. The van der Waals surface area contributed by atoms with Gasteiger partial charge in [0.2, 0.25) is 0 Å². The first kappa shape index (κ1) is 14.5. The first-order valence-corrected chi connectivity index (χ1v) is 10.6. The van der Waals surface area contributed by atoms with E-state index in [9.17, 15) is 0 Å². The van der Waals surface area contributed by atoms with Crippen LogP contribution in [0.25, 0.3) is 69.5 Å². The van der Waals surface area contributed by atoms with E-state index in [-0.39, 0.29) is 0 Å². The Kier molecular flexibility index (Phi) is 2.28. The maximum absolute atomic E-state index is 6.11. The highest BCUT2D eigenvalue weighted by atomic mass is 32.1. The van der Waals surface area contributed by atoms with E-state index in [4.69, 9.17) is 4.42 Å². The van der Waals surface area contributed by atoms with Gasteiger partial charge in [-0.1, -0.05) is 30.3 Å². The Morgan fingerprint density at radius 2 is 1.59 bits per heavy atom. The van der Waals surface area contributed by atoms with Gasteiger partial charge in [-0.2, -0.15) is 0 Å². The first-order valence-electron chi connectivity index (χ1n) is 9.77. The van der Waals surface area contributed by atoms with Crippen LogP contribution in [0.2, 0.25) is 0 Å². The summed E-state index contributed by atoms with van der Waals surface area (Å²) in [5.41, 5.74) is 7.19. The summed E-state index contributed by atoms with van der Waals surface area (Å²) in [6.45, 7) is 0. The predicted octanol–water partition coefficient (Wildman–Crippen LogP) is 7.29. The number of thiophene rings is 1. The zero-order chi connectivity index (χ0) is 18.9. The third-order valence-corrected chi connectivity index (χ3v) is 7.76. The second kappa shape index (κ2) is 4.56. The molecule has 0 fully saturated rings. The molecule has 0 bridgehead atoms. The van der Waals surface area contributed by atoms with Crippen molar-refractivity contribution >= 4 is 80.8 Å². The number of hydrogen-bond donors (Lipinski definition) is 0. The minimum absolute atomic E-state index is 0.952. The SMILES string of the molecule is Cn1c2cccc3c4occc4n4c5c6ccccc6sc5c5ccc1c(c32)c54. The molecule has 0 amide bonds. The molecule has 0 atom stereocenters. The number of fused-ring (bicyclic) bond motifs is 8. The van der Waals surface area contributed by atoms with Crippen molar-refractivity contribution in [2.24, 2.45) is 7.05 Å². The minimum atomic E-state index is 0.952. The van der Waals surface area contributed by atoms with Gasteiger partial charge in [0.15, 0.2) is 5.58 Å². The van der Waals surface area contributed by atoms with Gasteiger partial charge in [-0.05, 0) is 24.3 Å². The summed E-state index contributed by atoms with van der Waals surface area (Å²) < 4.78 is 13.5. The molecule has 0 saturated carbocycles. The Labute approximate surface area is 168 Å². The van der Waals surface area contributed by atoms with Crippen molar-refractivity contribution in [2.45, 2.75) is 0 Å². The number of nitrogens with zero attached hydrogens (tertiary/aromatic N) is 2. The van der Waals surface area contributed by atoms with Gasteiger partial charge in [0.25, 0.3) is 0 Å². The largest absolute Gasteiger partial charge is 0.462 e. The van der Waals surface area contributed by atoms with Crippen molar-refractivity contribution in [3.8, 4) is 0 Å². The van der Waals surface area contributed by atoms with E-state index in [0.717, 1.165) is 11.1 Å². The lowest BCUT2D eigenvalue weighted by molar-refractivity contribution is 0.619. The van der Waals surface area contributed by atoms with Crippen LogP contribution in [0.3, 0.4) is 0 Å². The van der Waals surface area contributed by atoms with Crippen LogP contribution in [0.15, 0.2) is 71.3 Å². The Balaban J connectivity index is 1.92. The van der Waals surface area contributed by atoms with Gasteiger partial charge in [0.05, 0.1) is 33.0 Å². The first-order chi connectivity index (χ1) is 14.3. The minimum Gasteiger partial charge on any atom is -0.462 e. The van der Waals surface area contributed by atoms with Crippen LogP contribution in [-0.4, -0.2) is 8.97 Å². The van der Waals surface area contributed by atoms with Crippen LogP contribution in [0.1, 0.15) is 0 Å². The molecule has 0 radical (unpaired) electrons. The van der Waals surface area contributed by atoms with Crippen LogP contribution in [0.5, 0.6) is 0 Å². The van der Waals surface area contributed by atoms with Crippen molar-refractivity contribution < 1.29 is 4.42 Å². The quantitative estimate of drug-likeness (QED) is 0.266. The van der Waals surface area contributed by atoms with Crippen molar-refractivity contribution in [3.05, 3.63) is 66.9 Å². The molecule has 136 valence electrons. The summed E-state index contributed by atoms with van der Waals surface area (Å²) in [5.74, 6) is 0. The van der Waals surface area contributed by atoms with Crippen molar-refractivity contribution in [3.63, 3.8) is 0 Å². The highest BCUT2D eigenvalue weighted by molar-refractivity contribution is 7.26. The molecule has 0 saturated heterocycles. The Bertz CT molecular complexity index is 1920. The molecule has 0 spiro atoms. The molecular weight excluding hydrogens is 376 g/mol. The summed E-state index contributed by atoms with van der Waals surface area (Å²) in [6, 6.07) is 22.0. The number of rotatable bonds is 0. The van der Waals surface area contributed by atoms with Gasteiger partial charge in [-0.3, -0.25) is 0 Å². The second-order valence-electron chi connectivity index (χ2n) is 7.86. The van der Waals surface area contributed by atoms with E-state index in [0.29, 0.717) is 0 Å². The number of benzene rings is 3. The summed E-state index contributed by atoms with van der Waals surface area (Å²) in [7, 11) is 2.16. The maximum atomic E-state index is 6.11. The normalized spacial score (nSPS) is 13.0. The number of furan rings is 1. The second-order valence-corrected chi connectivity index (χ2v) is 8.91. The molecule has 0 aliphatic heterocycles. The fourth-order valence-electron chi connectivity index (χ4n) is 5.39. The van der Waals surface area contributed by atoms with Crippen LogP contribution in [0.4, 0.5) is 0 Å². The lowest BCUT2D eigenvalue weighted by Crippen LogP contribution is -1.87. The molecule has 8 rings (SSSR count). The van der Waals surface area contributed by atoms with Crippen LogP contribution in [-0.2, 0) is 7.05 Å². The molecular formula is C25H14N2OS. The maximum Gasteiger partial charge on any atom is 0.158 e. The fourth-order valence-corrected chi connectivity index (χ4v) is 6.61. The summed E-state index contributed by atoms with van der Waals surface area (Å²) in [4.78, 5) is 0. The fraction of sp³-hybridized carbons (Fsp3) is 0.0400. The number of hydrogen-bond acceptors (Lipinski definition) is 2. The van der Waals surface area contributed by atoms with Gasteiger partial charge in [-0.15, -0.1) is 11.3 Å². The van der Waals surface area contributed by atoms with E-state index < -0.39 is 0 Å². The molecule has 29 heavy (non-hydrogen) atoms. The van der Waals surface area contributed by atoms with E-state index in [1.54, 1.807) is 0 Å². The molecule has 3 nitrogen and oxygen atoms in total. The number of aromatic nitrogens is 2. The summed E-state index contributed by atoms with van der Waals surface area (Å²) >= 11 is 1.89. The third kappa shape index (κ3) is 1.45. The van der Waals surface area contributed by atoms with E-state index >= 15 is 0 Å². The Morgan fingerprint density at radius 3 is 2.55 bits per heavy atom. The van der Waals surface area contributed by atoms with Crippen LogP contribution >= 0.6 is 11.3 Å². The molecule has 8 aromatic rings. The topological polar surface area (TPSA) is 22.5 Å². The van der Waals surface area contributed by atoms with Gasteiger partial charge >= 0.3 is 0 Å². The Morgan fingerprint density at radius 1 is 0.724 bits per heavy atom. The molecule has 0 aliphatic rings. The molecule has 5 heterocycles. The van der Waals surface area contributed by atoms with Gasteiger partial charge in [-0.25, -0.2) is 0 Å². The predicted molar refractivity (Wildman–Crippen MR) is 123 cm³/mol. The van der Waals surface area contributed by atoms with Crippen LogP contribution < -0.4 is 0 Å². The highest BCUT2D eigenvalue weighted by Crippen LogP contribution is 2.47. The van der Waals surface area contributed by atoms with Gasteiger partial charge in [0, 0.05) is 50.3 Å². The summed E-state index contributed by atoms with van der Waals surface area (Å²) in [5, 5.41) is 6.43. The standard InChI is InChI=1S/C25H14N2OS/c1-26-16-7-4-6-14-20(16)21-17(26)10-9-15-22(21)27(18-11-12-28-24(14)18)23-13-5-2-3-8-19(13)29-25(15)23/h2-12H,1H3. The van der Waals surface area contributed by atoms with Gasteiger partial charge in [0.1, 0.15) is 0 Å². The monoisotopic (exact) mass is 390 g/mol. The summed E-state index contributed by atoms with van der Waals surface area (Å²) in [6.07, 6.45) is 1.82. The number of aryl methyl sites for hydroxylation is 1. The molecule has 0 N–H and O–H groups in total. The zero-order valence-electron chi connectivity index (χ0n) is 15.6. The van der Waals surface area contributed by atoms with Crippen molar-refractivity contribution in [1.82, 2.24) is 8.97 Å². The van der Waals surface area contributed by atoms with Gasteiger partial charge < -0.3 is 13.4 Å². The Hall–Kier alpha value is -3.50. The lowest BCUT2D eigenvalue weighted by atomic mass is 10.1. The van der Waals surface area contributed by atoms with E-state index in [1.165, 1.54) is 58.4 Å². The molecule has 5 aromatic heterocycles. The third-order valence-electron chi connectivity index (χ3n) is 6.56. The smallest absolute Gasteiger partial charge is 0.158 e. The molecule has 0 aliphatic carbocycles. The molecule has 4 heteroatoms. The highest BCUT2D eigenvalue weighted by Gasteiger charge is 2.24. The molecule has 0 unspecified atom stereocenters. The van der Waals surface area contributed by atoms with Crippen LogP contribution in [0, 0.1) is 0 Å². The van der Waals surface area contributed by atoms with E-state index in [2.05, 4.69) is 76.7 Å².